The van der Waals surface area contributed by atoms with Gasteiger partial charge < -0.3 is 57.2 Å². The largest absolute Gasteiger partial charge is 0 e. The van der Waals surface area contributed by atoms with Crippen molar-refractivity contribution >= 4 is 57.8 Å². The van der Waals surface area contributed by atoms with Gasteiger partial charge in [0.25, 0.3) is 0 Å². The van der Waals surface area contributed by atoms with Crippen molar-refractivity contribution in [3.8, 4) is 0 Å². The average molecular weight is 1480 g/mol. The Kier molecular flexibility index (Phi) is 46.2. The first-order chi connectivity index (χ1) is 37.1. The SMILES string of the molecule is O=C(O)Cn1ccnc1CN(CCc1ccc(NS(=O)[O-])cc1)Cc1nccn1CC(=O)O.O=C(O)Cn1ccnc1CN(Cc1ccc(NS(=O)[O-])cc1)Cc1nccn1CC(=O)O.[C-]#[O+].[C-]#[O+].[C-]#[O+].[C-]#[O+].[C-]#[O+].[C-]#[O+].[Re].[Re]. The Hall–Kier alpha value is -7.34. The van der Waals surface area contributed by atoms with Crippen LogP contribution in [0.2, 0.25) is 0 Å². The Labute approximate surface area is 482 Å². The summed E-state index contributed by atoms with van der Waals surface area (Å²) >= 11 is -4.82. The number of carbonyl (C=O) groups is 4. The standard InChI is InChI=1S/C20H24N6O6S.C19H22N6O6S.6CO.2Re/c27-19(28)13-25-9-6-21-17(25)11-24(12-18-22-7-10-26(18)14-20(29)30)8-5-15-1-3-16(4-2-15)23-33(31)32;26-18(27)12-24-7-5-20-16(24)10-23(11-17-21-6-8-25(17)13-19(28)29)9-14-1-3-15(4-2-14)22-32(30)31;6*1-2;;/h1-4,6-7,9-10,23H,5,8,11-14H2,(H,27,28)(H,29,30)(H,31,32);1-8,22H,9-13H2,(H,26,27)(H,28,29)(H,30,31);;;;;;;;/p-2. The topological polar surface area (TPSA) is 451 Å². The Morgan fingerprint density at radius 1 is 0.456 bits per heavy atom. The molecule has 0 spiro atoms. The summed E-state index contributed by atoms with van der Waals surface area (Å²) in [7, 11) is 0. The van der Waals surface area contributed by atoms with Gasteiger partial charge in [-0.1, -0.05) is 24.3 Å². The summed E-state index contributed by atoms with van der Waals surface area (Å²) in [4.78, 5) is 65.5. The summed E-state index contributed by atoms with van der Waals surface area (Å²) in [5.41, 5.74) is 2.70. The normalized spacial score (nSPS) is 10.1. The number of benzene rings is 2. The number of rotatable bonds is 25. The van der Waals surface area contributed by atoms with E-state index < -0.39 is 46.4 Å². The number of aromatic nitrogens is 8. The third-order valence-corrected chi connectivity index (χ3v) is 10.1. The number of hydrogen-bond acceptors (Lipinski definition) is 14. The van der Waals surface area contributed by atoms with Crippen LogP contribution < -0.4 is 9.44 Å². The minimum absolute atomic E-state index is 0. The summed E-state index contributed by atoms with van der Waals surface area (Å²) in [6, 6.07) is 13.7. The molecule has 0 saturated heterocycles. The Morgan fingerprint density at radius 2 is 0.709 bits per heavy atom. The minimum atomic E-state index is -2.42. The van der Waals surface area contributed by atoms with Crippen LogP contribution in [0.15, 0.2) is 98.1 Å². The summed E-state index contributed by atoms with van der Waals surface area (Å²) < 4.78 is 98.8. The second-order valence-electron chi connectivity index (χ2n) is 14.1. The fourth-order valence-electron chi connectivity index (χ4n) is 6.46. The molecule has 6 aromatic rings. The molecule has 0 fully saturated rings. The van der Waals surface area contributed by atoms with Crippen molar-refractivity contribution in [2.75, 3.05) is 16.0 Å². The molecule has 6 N–H and O–H groups in total. The van der Waals surface area contributed by atoms with Crippen LogP contribution >= 0.6 is 0 Å². The van der Waals surface area contributed by atoms with Crippen molar-refractivity contribution in [3.63, 3.8) is 0 Å². The van der Waals surface area contributed by atoms with Gasteiger partial charge in [-0.2, -0.15) is 0 Å². The number of aliphatic carboxylic acids is 4. The zero-order valence-corrected chi connectivity index (χ0v) is 47.6. The van der Waals surface area contributed by atoms with E-state index in [9.17, 15) is 36.7 Å². The molecule has 0 amide bonds. The molecule has 2 atom stereocenters. The number of hydrogen-bond donors (Lipinski definition) is 6. The van der Waals surface area contributed by atoms with Crippen molar-refractivity contribution in [1.82, 2.24) is 48.0 Å². The molecule has 4 aromatic heterocycles. The molecular formula is C45H44N12O18Re2S2-2. The molecule has 6 rings (SSSR count). The predicted molar refractivity (Wildman–Crippen MR) is 252 cm³/mol. The van der Waals surface area contributed by atoms with E-state index in [0.29, 0.717) is 67.3 Å². The molecule has 0 aliphatic carbocycles. The Balaban J connectivity index is -0.000000586. The summed E-state index contributed by atoms with van der Waals surface area (Å²) in [6.45, 7) is 28.3. The first-order valence-corrected chi connectivity index (χ1v) is 22.7. The molecule has 79 heavy (non-hydrogen) atoms. The first-order valence-electron chi connectivity index (χ1n) is 20.5. The van der Waals surface area contributed by atoms with E-state index in [2.05, 4.69) is 69.3 Å². The smallest absolute Gasteiger partial charge is 0 e. The number of carboxylic acid groups (broad SMARTS) is 4. The third-order valence-electron chi connectivity index (χ3n) is 9.32. The van der Waals surface area contributed by atoms with Gasteiger partial charge in [-0.25, -0.2) is 19.9 Å². The summed E-state index contributed by atoms with van der Waals surface area (Å²) in [5.74, 6) is -1.76. The average Bonchev–Trinajstić information content (AvgIpc) is 4.25. The van der Waals surface area contributed by atoms with E-state index in [1.807, 2.05) is 21.9 Å². The van der Waals surface area contributed by atoms with Crippen LogP contribution in [0.1, 0.15) is 34.4 Å². The molecule has 0 saturated carbocycles. The number of nitrogens with one attached hydrogen (secondary N) is 2. The molecule has 30 nitrogen and oxygen atoms in total. The maximum Gasteiger partial charge on any atom is 0 e. The molecule has 2 unspecified atom stereocenters. The van der Waals surface area contributed by atoms with Gasteiger partial charge in [-0.05, 0) is 41.8 Å². The van der Waals surface area contributed by atoms with Crippen molar-refractivity contribution in [3.05, 3.63) is 172 Å². The molecule has 0 aliphatic rings. The van der Waals surface area contributed by atoms with Gasteiger partial charge in [-0.3, -0.25) is 37.4 Å². The summed E-state index contributed by atoms with van der Waals surface area (Å²) in [6.07, 6.45) is 13.1. The Morgan fingerprint density at radius 3 is 0.962 bits per heavy atom. The second-order valence-corrected chi connectivity index (χ2v) is 15.5. The Bertz CT molecular complexity index is 2730. The number of nitrogens with zero attached hydrogens (tertiary/aromatic N) is 10. The van der Waals surface area contributed by atoms with Crippen LogP contribution in [0.25, 0.3) is 0 Å². The van der Waals surface area contributed by atoms with Crippen molar-refractivity contribution in [2.45, 2.75) is 65.3 Å². The van der Waals surface area contributed by atoms with E-state index in [4.69, 9.17) is 48.3 Å². The van der Waals surface area contributed by atoms with Gasteiger partial charge in [0.15, 0.2) is 0 Å². The fraction of sp³-hybridized carbons (Fsp3) is 0.244. The number of anilines is 2. The fourth-order valence-corrected chi connectivity index (χ4v) is 7.12. The molecule has 0 aliphatic heterocycles. The number of carboxylic acids is 4. The van der Waals surface area contributed by atoms with E-state index >= 15 is 0 Å². The van der Waals surface area contributed by atoms with Crippen molar-refractivity contribution in [1.29, 1.82) is 0 Å². The van der Waals surface area contributed by atoms with Crippen molar-refractivity contribution < 1.29 is 126 Å². The molecule has 2 radical (unpaired) electrons. The van der Waals surface area contributed by atoms with Crippen LogP contribution in [-0.4, -0.2) is 116 Å². The molecule has 4 heterocycles. The van der Waals surface area contributed by atoms with E-state index in [1.165, 1.54) is 33.9 Å². The second kappa shape index (κ2) is 46.7. The van der Waals surface area contributed by atoms with Gasteiger partial charge in [0, 0.05) is 137 Å². The number of imidazole rings is 4. The molecular weight excluding hydrogens is 1430 g/mol. The molecule has 34 heteroatoms. The zero-order valence-electron chi connectivity index (χ0n) is 40.6. The molecule has 2 aromatic carbocycles. The van der Waals surface area contributed by atoms with Crippen LogP contribution in [0.3, 0.4) is 0 Å². The van der Waals surface area contributed by atoms with Gasteiger partial charge in [0.1, 0.15) is 49.5 Å². The first kappa shape index (κ1) is 78.2. The van der Waals surface area contributed by atoms with Gasteiger partial charge in [0.2, 0.25) is 0 Å². The monoisotopic (exact) mass is 1480 g/mol. The van der Waals surface area contributed by atoms with E-state index in [1.54, 1.807) is 70.3 Å². The van der Waals surface area contributed by atoms with Crippen LogP contribution in [-0.2, 0) is 176 Å². The maximum atomic E-state index is 11.1. The minimum Gasteiger partial charge on any atom is 0 e. The quantitative estimate of drug-likeness (QED) is 0.0266. The van der Waals surface area contributed by atoms with Crippen LogP contribution in [0.5, 0.6) is 0 Å². The van der Waals surface area contributed by atoms with E-state index in [-0.39, 0.29) is 80.1 Å². The summed E-state index contributed by atoms with van der Waals surface area (Å²) in [5, 5.41) is 36.5. The third kappa shape index (κ3) is 32.2. The zero-order chi connectivity index (χ0) is 58.9. The maximum absolute atomic E-state index is 11.1. The van der Waals surface area contributed by atoms with Gasteiger partial charge >= 0.3 is 91.7 Å². The van der Waals surface area contributed by atoms with Crippen LogP contribution in [0.4, 0.5) is 11.4 Å². The van der Waals surface area contributed by atoms with E-state index in [0.717, 1.165) is 11.1 Å². The predicted octanol–water partition coefficient (Wildman–Crippen LogP) is 1.13. The molecule has 420 valence electrons. The molecule has 0 bridgehead atoms. The van der Waals surface area contributed by atoms with Gasteiger partial charge in [-0.15, -0.1) is 0 Å². The van der Waals surface area contributed by atoms with Crippen LogP contribution in [0, 0.1) is 39.9 Å². The van der Waals surface area contributed by atoms with Gasteiger partial charge in [0.05, 0.1) is 26.2 Å². The van der Waals surface area contributed by atoms with Crippen molar-refractivity contribution in [2.24, 2.45) is 0 Å².